The first-order chi connectivity index (χ1) is 9.94. The molecule has 2 aromatic rings. The van der Waals surface area contributed by atoms with Crippen molar-refractivity contribution in [1.29, 1.82) is 0 Å². The minimum atomic E-state index is -3.56. The Morgan fingerprint density at radius 1 is 1.05 bits per heavy atom. The molecule has 0 bridgehead atoms. The van der Waals surface area contributed by atoms with Crippen LogP contribution >= 0.6 is 0 Å². The summed E-state index contributed by atoms with van der Waals surface area (Å²) >= 11 is 0. The van der Waals surface area contributed by atoms with Gasteiger partial charge in [-0.1, -0.05) is 42.0 Å². The van der Waals surface area contributed by atoms with E-state index >= 15 is 0 Å². The molecule has 0 aliphatic carbocycles. The first kappa shape index (κ1) is 15.7. The third-order valence-electron chi connectivity index (χ3n) is 3.36. The summed E-state index contributed by atoms with van der Waals surface area (Å²) in [7, 11) is -3.56. The Labute approximate surface area is 125 Å². The van der Waals surface area contributed by atoms with E-state index in [-0.39, 0.29) is 18.0 Å². The van der Waals surface area contributed by atoms with E-state index in [0.717, 1.165) is 22.3 Å². The van der Waals surface area contributed by atoms with E-state index in [1.165, 1.54) is 0 Å². The van der Waals surface area contributed by atoms with Gasteiger partial charge >= 0.3 is 0 Å². The highest BCUT2D eigenvalue weighted by Crippen LogP contribution is 2.17. The van der Waals surface area contributed by atoms with Crippen molar-refractivity contribution in [2.45, 2.75) is 31.9 Å². The van der Waals surface area contributed by atoms with Gasteiger partial charge in [-0.05, 0) is 36.6 Å². The van der Waals surface area contributed by atoms with Gasteiger partial charge in [0, 0.05) is 6.54 Å². The second kappa shape index (κ2) is 6.39. The normalized spacial score (nSPS) is 11.6. The van der Waals surface area contributed by atoms with Crippen molar-refractivity contribution in [3.8, 4) is 0 Å². The monoisotopic (exact) mass is 305 g/mol. The van der Waals surface area contributed by atoms with E-state index in [1.807, 2.05) is 25.1 Å². The molecule has 2 N–H and O–H groups in total. The molecule has 0 atom stereocenters. The van der Waals surface area contributed by atoms with E-state index in [9.17, 15) is 13.5 Å². The van der Waals surface area contributed by atoms with Crippen molar-refractivity contribution in [3.05, 3.63) is 64.7 Å². The van der Waals surface area contributed by atoms with Crippen molar-refractivity contribution in [1.82, 2.24) is 4.72 Å². The lowest BCUT2D eigenvalue weighted by atomic mass is 10.1. The minimum absolute atomic E-state index is 0.110. The predicted octanol–water partition coefficient (Wildman–Crippen LogP) is 2.27. The number of benzene rings is 2. The van der Waals surface area contributed by atoms with Gasteiger partial charge in [0.05, 0.1) is 11.5 Å². The molecule has 0 radical (unpaired) electrons. The summed E-state index contributed by atoms with van der Waals surface area (Å²) in [5.74, 6) is 0. The molecule has 0 heterocycles. The van der Waals surface area contributed by atoms with Crippen LogP contribution in [-0.2, 0) is 23.2 Å². The van der Waals surface area contributed by atoms with Crippen LogP contribution < -0.4 is 4.72 Å². The van der Waals surface area contributed by atoms with Crippen LogP contribution in [0.5, 0.6) is 0 Å². The van der Waals surface area contributed by atoms with Gasteiger partial charge in [0.15, 0.2) is 0 Å². The van der Waals surface area contributed by atoms with Crippen molar-refractivity contribution < 1.29 is 13.5 Å². The molecule has 0 aliphatic heterocycles. The Morgan fingerprint density at radius 3 is 2.33 bits per heavy atom. The highest BCUT2D eigenvalue weighted by atomic mass is 32.2. The highest BCUT2D eigenvalue weighted by Gasteiger charge is 2.16. The summed E-state index contributed by atoms with van der Waals surface area (Å²) in [6, 6.07) is 12.5. The Morgan fingerprint density at radius 2 is 1.71 bits per heavy atom. The first-order valence-corrected chi connectivity index (χ1v) is 8.17. The fraction of sp³-hybridized carbons (Fsp3) is 0.250. The van der Waals surface area contributed by atoms with Gasteiger partial charge in [-0.2, -0.15) is 0 Å². The summed E-state index contributed by atoms with van der Waals surface area (Å²) < 4.78 is 27.3. The average molecular weight is 305 g/mol. The van der Waals surface area contributed by atoms with E-state index in [1.54, 1.807) is 31.2 Å². The third kappa shape index (κ3) is 3.69. The smallest absolute Gasteiger partial charge is 0.241 e. The molecule has 0 spiro atoms. The molecular formula is C16H19NO3S. The summed E-state index contributed by atoms with van der Waals surface area (Å²) in [4.78, 5) is 0.287. The minimum Gasteiger partial charge on any atom is -0.392 e. The molecule has 4 nitrogen and oxygen atoms in total. The molecule has 0 amide bonds. The quantitative estimate of drug-likeness (QED) is 0.890. The summed E-state index contributed by atoms with van der Waals surface area (Å²) in [5, 5.41) is 9.26. The molecule has 0 fully saturated rings. The van der Waals surface area contributed by atoms with Crippen LogP contribution in [0.15, 0.2) is 47.4 Å². The molecule has 0 saturated heterocycles. The maximum Gasteiger partial charge on any atom is 0.241 e. The van der Waals surface area contributed by atoms with E-state index < -0.39 is 10.0 Å². The number of aryl methyl sites for hydroxylation is 2. The largest absolute Gasteiger partial charge is 0.392 e. The first-order valence-electron chi connectivity index (χ1n) is 6.68. The Balaban J connectivity index is 2.22. The number of rotatable bonds is 5. The zero-order valence-corrected chi connectivity index (χ0v) is 12.9. The number of hydrogen-bond donors (Lipinski definition) is 2. The van der Waals surface area contributed by atoms with Crippen LogP contribution in [0.1, 0.15) is 22.3 Å². The second-order valence-electron chi connectivity index (χ2n) is 5.02. The Bertz CT molecular complexity index is 739. The van der Waals surface area contributed by atoms with Gasteiger partial charge in [-0.25, -0.2) is 13.1 Å². The summed E-state index contributed by atoms with van der Waals surface area (Å²) in [6.45, 7) is 3.76. The lowest BCUT2D eigenvalue weighted by Gasteiger charge is -2.11. The number of nitrogens with one attached hydrogen (secondary N) is 1. The van der Waals surface area contributed by atoms with Gasteiger partial charge in [0.25, 0.3) is 0 Å². The second-order valence-corrected chi connectivity index (χ2v) is 6.76. The van der Waals surface area contributed by atoms with Gasteiger partial charge in [0.1, 0.15) is 0 Å². The molecule has 0 unspecified atom stereocenters. The van der Waals surface area contributed by atoms with Gasteiger partial charge < -0.3 is 5.11 Å². The van der Waals surface area contributed by atoms with Crippen LogP contribution in [0.4, 0.5) is 0 Å². The highest BCUT2D eigenvalue weighted by molar-refractivity contribution is 7.89. The van der Waals surface area contributed by atoms with Crippen molar-refractivity contribution in [3.63, 3.8) is 0 Å². The fourth-order valence-corrected chi connectivity index (χ4v) is 3.47. The SMILES string of the molecule is Cc1ccc(S(=O)(=O)NCc2ccccc2CO)c(C)c1. The van der Waals surface area contributed by atoms with Crippen molar-refractivity contribution in [2.75, 3.05) is 0 Å². The Kier molecular flexibility index (Phi) is 4.77. The van der Waals surface area contributed by atoms with Crippen LogP contribution in [0.25, 0.3) is 0 Å². The van der Waals surface area contributed by atoms with Gasteiger partial charge in [-0.15, -0.1) is 0 Å². The summed E-state index contributed by atoms with van der Waals surface area (Å²) in [5.41, 5.74) is 3.24. The average Bonchev–Trinajstić information content (AvgIpc) is 2.45. The number of sulfonamides is 1. The molecular weight excluding hydrogens is 286 g/mol. The molecule has 0 aliphatic rings. The topological polar surface area (TPSA) is 66.4 Å². The summed E-state index contributed by atoms with van der Waals surface area (Å²) in [6.07, 6.45) is 0. The maximum atomic E-state index is 12.4. The van der Waals surface area contributed by atoms with Crippen molar-refractivity contribution >= 4 is 10.0 Å². The van der Waals surface area contributed by atoms with E-state index in [0.29, 0.717) is 0 Å². The molecule has 2 rings (SSSR count). The van der Waals surface area contributed by atoms with Gasteiger partial charge in [0.2, 0.25) is 10.0 Å². The van der Waals surface area contributed by atoms with Crippen LogP contribution in [0.3, 0.4) is 0 Å². The number of aliphatic hydroxyl groups is 1. The van der Waals surface area contributed by atoms with Crippen LogP contribution in [-0.4, -0.2) is 13.5 Å². The molecule has 0 aromatic heterocycles. The number of aliphatic hydroxyl groups excluding tert-OH is 1. The maximum absolute atomic E-state index is 12.4. The Hall–Kier alpha value is -1.69. The van der Waals surface area contributed by atoms with E-state index in [2.05, 4.69) is 4.72 Å². The third-order valence-corrected chi connectivity index (χ3v) is 4.92. The molecule has 2 aromatic carbocycles. The van der Waals surface area contributed by atoms with Crippen LogP contribution in [0, 0.1) is 13.8 Å². The predicted molar refractivity (Wildman–Crippen MR) is 82.3 cm³/mol. The van der Waals surface area contributed by atoms with E-state index in [4.69, 9.17) is 0 Å². The fourth-order valence-electron chi connectivity index (χ4n) is 2.24. The lowest BCUT2D eigenvalue weighted by molar-refractivity contribution is 0.280. The molecule has 5 heteroatoms. The molecule has 21 heavy (non-hydrogen) atoms. The standard InChI is InChI=1S/C16H19NO3S/c1-12-7-8-16(13(2)9-12)21(19,20)17-10-14-5-3-4-6-15(14)11-18/h3-9,17-18H,10-11H2,1-2H3. The van der Waals surface area contributed by atoms with Crippen molar-refractivity contribution in [2.24, 2.45) is 0 Å². The number of hydrogen-bond acceptors (Lipinski definition) is 3. The molecule has 0 saturated carbocycles. The molecule has 112 valence electrons. The van der Waals surface area contributed by atoms with Crippen LogP contribution in [0.2, 0.25) is 0 Å². The lowest BCUT2D eigenvalue weighted by Crippen LogP contribution is -2.24. The van der Waals surface area contributed by atoms with Gasteiger partial charge in [-0.3, -0.25) is 0 Å². The zero-order valence-electron chi connectivity index (χ0n) is 12.1. The zero-order chi connectivity index (χ0) is 15.5.